The Hall–Kier alpha value is -3.01. The molecule has 3 rings (SSSR count). The molecule has 0 saturated carbocycles. The number of nitrogens with one attached hydrogen (secondary N) is 1. The lowest BCUT2D eigenvalue weighted by molar-refractivity contribution is 0.0992. The predicted octanol–water partition coefficient (Wildman–Crippen LogP) is 4.73. The van der Waals surface area contributed by atoms with Gasteiger partial charge in [-0.05, 0) is 55.3 Å². The molecule has 0 unspecified atom stereocenters. The van der Waals surface area contributed by atoms with Gasteiger partial charge in [0.25, 0.3) is 5.91 Å². The normalized spacial score (nSPS) is 10.4. The molecule has 0 atom stereocenters. The minimum atomic E-state index is -0.269. The highest BCUT2D eigenvalue weighted by atomic mass is 16.5. The van der Waals surface area contributed by atoms with Crippen LogP contribution >= 0.6 is 0 Å². The average Bonchev–Trinajstić information content (AvgIpc) is 3.07. The van der Waals surface area contributed by atoms with Crippen LogP contribution in [0.15, 0.2) is 65.1 Å². The van der Waals surface area contributed by atoms with E-state index in [9.17, 15) is 4.79 Å². The van der Waals surface area contributed by atoms with Crippen molar-refractivity contribution in [1.29, 1.82) is 0 Å². The zero-order chi connectivity index (χ0) is 16.9. The summed E-state index contributed by atoms with van der Waals surface area (Å²) < 4.78 is 11.2. The van der Waals surface area contributed by atoms with E-state index >= 15 is 0 Å². The maximum absolute atomic E-state index is 12.3. The number of carbonyl (C=O) groups excluding carboxylic acids is 1. The van der Waals surface area contributed by atoms with Crippen LogP contribution in [0.25, 0.3) is 0 Å². The number of carbonyl (C=O) groups is 1. The Morgan fingerprint density at radius 2 is 1.79 bits per heavy atom. The molecule has 0 radical (unpaired) electrons. The van der Waals surface area contributed by atoms with Gasteiger partial charge in [0.05, 0.1) is 0 Å². The van der Waals surface area contributed by atoms with Crippen LogP contribution in [0.5, 0.6) is 5.75 Å². The number of aryl methyl sites for hydroxylation is 1. The van der Waals surface area contributed by atoms with Crippen molar-refractivity contribution < 1.29 is 13.9 Å². The van der Waals surface area contributed by atoms with E-state index in [1.165, 1.54) is 0 Å². The molecule has 0 spiro atoms. The monoisotopic (exact) mass is 321 g/mol. The van der Waals surface area contributed by atoms with Crippen molar-refractivity contribution in [3.63, 3.8) is 0 Å². The fourth-order valence-electron chi connectivity index (χ4n) is 2.32. The average molecular weight is 321 g/mol. The third kappa shape index (κ3) is 3.66. The molecule has 0 aliphatic carbocycles. The summed E-state index contributed by atoms with van der Waals surface area (Å²) in [4.78, 5) is 12.3. The first-order chi connectivity index (χ1) is 11.6. The summed E-state index contributed by atoms with van der Waals surface area (Å²) in [6.07, 6.45) is 0. The van der Waals surface area contributed by atoms with Crippen LogP contribution in [0.2, 0.25) is 0 Å². The maximum atomic E-state index is 12.3. The zero-order valence-electron chi connectivity index (χ0n) is 13.7. The highest BCUT2D eigenvalue weighted by Gasteiger charge is 2.13. The second kappa shape index (κ2) is 7.04. The van der Waals surface area contributed by atoms with Gasteiger partial charge in [0.15, 0.2) is 5.76 Å². The van der Waals surface area contributed by atoms with E-state index in [1.54, 1.807) is 12.1 Å². The van der Waals surface area contributed by atoms with Crippen molar-refractivity contribution >= 4 is 11.6 Å². The summed E-state index contributed by atoms with van der Waals surface area (Å²) in [6, 6.07) is 18.7. The van der Waals surface area contributed by atoms with E-state index in [1.807, 2.05) is 62.4 Å². The summed E-state index contributed by atoms with van der Waals surface area (Å²) in [7, 11) is 0. The molecule has 0 bridgehead atoms. The molecule has 3 aromatic rings. The van der Waals surface area contributed by atoms with Gasteiger partial charge in [0.1, 0.15) is 18.1 Å². The number of hydrogen-bond acceptors (Lipinski definition) is 3. The Balaban J connectivity index is 1.64. The van der Waals surface area contributed by atoms with Crippen LogP contribution in [-0.2, 0) is 6.61 Å². The van der Waals surface area contributed by atoms with Gasteiger partial charge in [-0.3, -0.25) is 4.79 Å². The summed E-state index contributed by atoms with van der Waals surface area (Å²) in [6.45, 7) is 4.27. The quantitative estimate of drug-likeness (QED) is 0.739. The third-order valence-corrected chi connectivity index (χ3v) is 3.86. The van der Waals surface area contributed by atoms with Gasteiger partial charge in [-0.15, -0.1) is 0 Å². The molecule has 0 saturated heterocycles. The van der Waals surface area contributed by atoms with E-state index in [4.69, 9.17) is 9.15 Å². The third-order valence-electron chi connectivity index (χ3n) is 3.86. The topological polar surface area (TPSA) is 51.5 Å². The number of para-hydroxylation sites is 1. The van der Waals surface area contributed by atoms with Crippen molar-refractivity contribution in [2.45, 2.75) is 20.5 Å². The van der Waals surface area contributed by atoms with Gasteiger partial charge < -0.3 is 14.5 Å². The van der Waals surface area contributed by atoms with E-state index in [-0.39, 0.29) is 18.3 Å². The van der Waals surface area contributed by atoms with Crippen LogP contribution in [-0.4, -0.2) is 5.91 Å². The minimum absolute atomic E-state index is 0.266. The smallest absolute Gasteiger partial charge is 0.291 e. The van der Waals surface area contributed by atoms with Crippen molar-refractivity contribution in [1.82, 2.24) is 0 Å². The van der Waals surface area contributed by atoms with Crippen LogP contribution in [0.4, 0.5) is 5.69 Å². The number of ether oxygens (including phenoxy) is 1. The van der Waals surface area contributed by atoms with E-state index < -0.39 is 0 Å². The highest BCUT2D eigenvalue weighted by Crippen LogP contribution is 2.20. The molecule has 4 heteroatoms. The Labute approximate surface area is 141 Å². The fraction of sp³-hybridized carbons (Fsp3) is 0.150. The number of benzene rings is 2. The zero-order valence-corrected chi connectivity index (χ0v) is 13.7. The lowest BCUT2D eigenvalue weighted by Gasteiger charge is -2.09. The summed E-state index contributed by atoms with van der Waals surface area (Å²) >= 11 is 0. The summed E-state index contributed by atoms with van der Waals surface area (Å²) in [5.74, 6) is 1.36. The minimum Gasteiger partial charge on any atom is -0.486 e. The summed E-state index contributed by atoms with van der Waals surface area (Å²) in [5, 5.41) is 2.88. The van der Waals surface area contributed by atoms with Crippen molar-refractivity contribution in [2.24, 2.45) is 0 Å². The first kappa shape index (κ1) is 15.9. The molecule has 4 nitrogen and oxygen atoms in total. The van der Waals surface area contributed by atoms with Gasteiger partial charge in [-0.2, -0.15) is 0 Å². The van der Waals surface area contributed by atoms with E-state index in [2.05, 4.69) is 5.32 Å². The van der Waals surface area contributed by atoms with Crippen molar-refractivity contribution in [3.05, 3.63) is 83.3 Å². The number of amides is 1. The van der Waals surface area contributed by atoms with Crippen LogP contribution < -0.4 is 10.1 Å². The largest absolute Gasteiger partial charge is 0.486 e. The number of rotatable bonds is 5. The van der Waals surface area contributed by atoms with Crippen molar-refractivity contribution in [2.75, 3.05) is 5.32 Å². The Morgan fingerprint density at radius 1 is 1.00 bits per heavy atom. The molecular weight excluding hydrogens is 302 g/mol. The first-order valence-corrected chi connectivity index (χ1v) is 7.77. The molecule has 0 aliphatic rings. The number of hydrogen-bond donors (Lipinski definition) is 1. The number of furan rings is 1. The Morgan fingerprint density at radius 3 is 2.58 bits per heavy atom. The van der Waals surface area contributed by atoms with E-state index in [0.29, 0.717) is 5.76 Å². The SMILES string of the molecule is Cc1cccc(NC(=O)c2ccc(COc3ccccc3)o2)c1C. The molecule has 1 N–H and O–H groups in total. The van der Waals surface area contributed by atoms with Gasteiger partial charge >= 0.3 is 0 Å². The Bertz CT molecular complexity index is 837. The molecule has 1 heterocycles. The lowest BCUT2D eigenvalue weighted by atomic mass is 10.1. The molecule has 1 aromatic heterocycles. The lowest BCUT2D eigenvalue weighted by Crippen LogP contribution is -2.12. The summed E-state index contributed by atoms with van der Waals surface area (Å²) in [5.41, 5.74) is 2.97. The second-order valence-corrected chi connectivity index (χ2v) is 5.57. The van der Waals surface area contributed by atoms with Gasteiger partial charge in [-0.25, -0.2) is 0 Å². The van der Waals surface area contributed by atoms with Crippen molar-refractivity contribution in [3.8, 4) is 5.75 Å². The van der Waals surface area contributed by atoms with Crippen LogP contribution in [0.1, 0.15) is 27.4 Å². The van der Waals surface area contributed by atoms with Crippen LogP contribution in [0, 0.1) is 13.8 Å². The van der Waals surface area contributed by atoms with E-state index in [0.717, 1.165) is 22.6 Å². The standard InChI is InChI=1S/C20H19NO3/c1-14-7-6-10-18(15(14)2)21-20(22)19-12-11-17(24-19)13-23-16-8-4-3-5-9-16/h3-12H,13H2,1-2H3,(H,21,22). The van der Waals surface area contributed by atoms with Gasteiger partial charge in [0, 0.05) is 5.69 Å². The molecule has 1 amide bonds. The van der Waals surface area contributed by atoms with Crippen LogP contribution in [0.3, 0.4) is 0 Å². The molecule has 122 valence electrons. The van der Waals surface area contributed by atoms with Gasteiger partial charge in [-0.1, -0.05) is 30.3 Å². The molecule has 2 aromatic carbocycles. The number of anilines is 1. The molecular formula is C20H19NO3. The highest BCUT2D eigenvalue weighted by molar-refractivity contribution is 6.02. The fourth-order valence-corrected chi connectivity index (χ4v) is 2.32. The molecule has 0 fully saturated rings. The second-order valence-electron chi connectivity index (χ2n) is 5.57. The Kier molecular flexibility index (Phi) is 4.66. The first-order valence-electron chi connectivity index (χ1n) is 7.77. The predicted molar refractivity (Wildman–Crippen MR) is 93.4 cm³/mol. The maximum Gasteiger partial charge on any atom is 0.291 e. The molecule has 0 aliphatic heterocycles. The molecule has 24 heavy (non-hydrogen) atoms. The van der Waals surface area contributed by atoms with Gasteiger partial charge in [0.2, 0.25) is 0 Å².